The monoisotopic (exact) mass is 372 g/mol. The average Bonchev–Trinajstić information content (AvgIpc) is 3.02. The minimum absolute atomic E-state index is 0.103. The zero-order valence-electron chi connectivity index (χ0n) is 15.5. The van der Waals surface area contributed by atoms with E-state index < -0.39 is 0 Å². The molecular weight excluding hydrogens is 349 g/mol. The fourth-order valence-corrected chi connectivity index (χ4v) is 3.67. The molecule has 2 aromatic carbocycles. The number of carbonyl (C=O) groups excluding carboxylic acids is 1. The van der Waals surface area contributed by atoms with E-state index >= 15 is 0 Å². The lowest BCUT2D eigenvalue weighted by molar-refractivity contribution is -0.856. The Hall–Kier alpha value is -2.31. The molecule has 1 aromatic heterocycles. The fourth-order valence-electron chi connectivity index (χ4n) is 2.67. The first-order chi connectivity index (χ1) is 12.4. The van der Waals surface area contributed by atoms with Crippen molar-refractivity contribution < 1.29 is 14.1 Å². The van der Waals surface area contributed by atoms with Crippen molar-refractivity contribution in [3.63, 3.8) is 0 Å². The number of likely N-dealkylation sites (N-methyl/N-ethyl adjacent to an activating group) is 1. The summed E-state index contributed by atoms with van der Waals surface area (Å²) in [6.07, 6.45) is 0. The number of aromatic nitrogens is 1. The van der Waals surface area contributed by atoms with Gasteiger partial charge in [0, 0.05) is 5.56 Å². The second-order valence-corrected chi connectivity index (χ2v) is 7.81. The normalized spacial score (nSPS) is 11.3. The van der Waals surface area contributed by atoms with Crippen LogP contribution in [0.25, 0.3) is 10.2 Å². The highest BCUT2D eigenvalue weighted by Gasteiger charge is 2.23. The summed E-state index contributed by atoms with van der Waals surface area (Å²) in [5, 5.41) is 0.537. The summed E-state index contributed by atoms with van der Waals surface area (Å²) in [7, 11) is 4.08. The molecule has 0 aliphatic carbocycles. The van der Waals surface area contributed by atoms with E-state index in [-0.39, 0.29) is 11.7 Å². The van der Waals surface area contributed by atoms with Gasteiger partial charge >= 0.3 is 0 Å². The van der Waals surface area contributed by atoms with E-state index in [0.29, 0.717) is 22.8 Å². The van der Waals surface area contributed by atoms with Gasteiger partial charge in [0.25, 0.3) is 5.91 Å². The third kappa shape index (κ3) is 3.76. The molecule has 0 unspecified atom stereocenters. The molecule has 0 spiro atoms. The predicted molar refractivity (Wildman–Crippen MR) is 105 cm³/mol. The highest BCUT2D eigenvalue weighted by atomic mass is 32.1. The van der Waals surface area contributed by atoms with Crippen molar-refractivity contribution in [1.82, 2.24) is 4.98 Å². The van der Waals surface area contributed by atoms with Crippen molar-refractivity contribution in [3.05, 3.63) is 58.9 Å². The molecule has 0 radical (unpaired) electrons. The summed E-state index contributed by atoms with van der Waals surface area (Å²) in [5.41, 5.74) is 3.17. The summed E-state index contributed by atoms with van der Waals surface area (Å²) in [4.78, 5) is 20.5. The predicted octanol–water partition coefficient (Wildman–Crippen LogP) is 2.84. The summed E-state index contributed by atoms with van der Waals surface area (Å²) < 4.78 is 14.8. The Bertz CT molecular complexity index is 951. The lowest BCUT2D eigenvalue weighted by atomic mass is 10.1. The number of anilines is 1. The SMILES string of the molecule is Cc1ccc(C(=O)N(CC[NH+](C)C)c2nc3c(F)cccc3s2)cc1C. The van der Waals surface area contributed by atoms with Crippen LogP contribution in [0.3, 0.4) is 0 Å². The molecule has 1 amide bonds. The zero-order valence-corrected chi connectivity index (χ0v) is 16.3. The van der Waals surface area contributed by atoms with Gasteiger partial charge in [-0.1, -0.05) is 23.5 Å². The molecule has 6 heteroatoms. The molecule has 1 heterocycles. The van der Waals surface area contributed by atoms with E-state index in [1.807, 2.05) is 52.2 Å². The number of thiazole rings is 1. The number of benzene rings is 2. The Morgan fingerprint density at radius 1 is 1.19 bits per heavy atom. The van der Waals surface area contributed by atoms with Crippen LogP contribution in [0.15, 0.2) is 36.4 Å². The lowest BCUT2D eigenvalue weighted by Crippen LogP contribution is -3.06. The van der Waals surface area contributed by atoms with Gasteiger partial charge in [-0.25, -0.2) is 9.37 Å². The molecule has 136 valence electrons. The fraction of sp³-hybridized carbons (Fsp3) is 0.300. The number of hydrogen-bond acceptors (Lipinski definition) is 3. The standard InChI is InChI=1S/C20H22FN3OS/c1-13-8-9-15(12-14(13)2)19(25)24(11-10-23(3)4)20-22-18-16(21)6-5-7-17(18)26-20/h5-9,12H,10-11H2,1-4H3/p+1. The maximum absolute atomic E-state index is 14.0. The Morgan fingerprint density at radius 2 is 1.96 bits per heavy atom. The third-order valence-electron chi connectivity index (χ3n) is 4.42. The van der Waals surface area contributed by atoms with Crippen LogP contribution in [0, 0.1) is 19.7 Å². The van der Waals surface area contributed by atoms with Crippen LogP contribution in [-0.4, -0.2) is 38.1 Å². The molecule has 0 saturated carbocycles. The van der Waals surface area contributed by atoms with Crippen LogP contribution in [0.2, 0.25) is 0 Å². The molecule has 1 N–H and O–H groups in total. The van der Waals surface area contributed by atoms with Crippen LogP contribution in [-0.2, 0) is 0 Å². The molecule has 0 saturated heterocycles. The Kier molecular flexibility index (Phi) is 5.34. The minimum Gasteiger partial charge on any atom is -0.338 e. The number of nitrogens with one attached hydrogen (secondary N) is 1. The van der Waals surface area contributed by atoms with Crippen LogP contribution in [0.5, 0.6) is 0 Å². The molecule has 0 fully saturated rings. The largest absolute Gasteiger partial charge is 0.338 e. The first-order valence-corrected chi connectivity index (χ1v) is 9.41. The highest BCUT2D eigenvalue weighted by molar-refractivity contribution is 7.22. The van der Waals surface area contributed by atoms with Crippen molar-refractivity contribution >= 4 is 32.6 Å². The number of rotatable bonds is 5. The maximum atomic E-state index is 14.0. The number of nitrogens with zero attached hydrogens (tertiary/aromatic N) is 2. The maximum Gasteiger partial charge on any atom is 0.260 e. The van der Waals surface area contributed by atoms with E-state index in [1.165, 1.54) is 22.3 Å². The molecule has 3 rings (SSSR count). The topological polar surface area (TPSA) is 37.6 Å². The van der Waals surface area contributed by atoms with Gasteiger partial charge in [-0.15, -0.1) is 0 Å². The summed E-state index contributed by atoms with van der Waals surface area (Å²) in [5.74, 6) is -0.462. The van der Waals surface area contributed by atoms with Gasteiger partial charge in [0.15, 0.2) is 5.13 Å². The molecule has 0 atom stereocenters. The van der Waals surface area contributed by atoms with E-state index in [1.54, 1.807) is 11.0 Å². The zero-order chi connectivity index (χ0) is 18.8. The number of hydrogen-bond donors (Lipinski definition) is 1. The number of amides is 1. The van der Waals surface area contributed by atoms with Crippen molar-refractivity contribution in [2.45, 2.75) is 13.8 Å². The number of fused-ring (bicyclic) bond motifs is 1. The average molecular weight is 372 g/mol. The summed E-state index contributed by atoms with van der Waals surface area (Å²) in [6.45, 7) is 5.31. The van der Waals surface area contributed by atoms with E-state index in [2.05, 4.69) is 4.98 Å². The number of carbonyl (C=O) groups is 1. The molecule has 0 aliphatic heterocycles. The van der Waals surface area contributed by atoms with E-state index in [0.717, 1.165) is 22.4 Å². The van der Waals surface area contributed by atoms with Gasteiger partial charge in [0.1, 0.15) is 11.3 Å². The molecule has 0 bridgehead atoms. The van der Waals surface area contributed by atoms with Crippen LogP contribution in [0.4, 0.5) is 9.52 Å². The number of quaternary nitrogens is 1. The van der Waals surface area contributed by atoms with Gasteiger partial charge in [-0.05, 0) is 49.2 Å². The van der Waals surface area contributed by atoms with Crippen molar-refractivity contribution in [3.8, 4) is 0 Å². The first kappa shape index (κ1) is 18.5. The molecular formula is C20H23FN3OS+. The molecule has 26 heavy (non-hydrogen) atoms. The van der Waals surface area contributed by atoms with Crippen LogP contribution in [0.1, 0.15) is 21.5 Å². The second kappa shape index (κ2) is 7.51. The Labute approximate surface area is 156 Å². The van der Waals surface area contributed by atoms with Gasteiger partial charge < -0.3 is 4.90 Å². The third-order valence-corrected chi connectivity index (χ3v) is 5.47. The molecule has 0 aliphatic rings. The van der Waals surface area contributed by atoms with Gasteiger partial charge in [-0.3, -0.25) is 9.69 Å². The second-order valence-electron chi connectivity index (χ2n) is 6.80. The Balaban J connectivity index is 2.01. The minimum atomic E-state index is -0.359. The van der Waals surface area contributed by atoms with E-state index in [9.17, 15) is 9.18 Å². The number of aryl methyl sites for hydroxylation is 2. The first-order valence-electron chi connectivity index (χ1n) is 8.60. The quantitative estimate of drug-likeness (QED) is 0.748. The number of halogens is 1. The van der Waals surface area contributed by atoms with Gasteiger partial charge in [0.05, 0.1) is 31.9 Å². The summed E-state index contributed by atoms with van der Waals surface area (Å²) in [6, 6.07) is 10.6. The lowest BCUT2D eigenvalue weighted by Gasteiger charge is -2.21. The van der Waals surface area contributed by atoms with Gasteiger partial charge in [-0.2, -0.15) is 0 Å². The van der Waals surface area contributed by atoms with Crippen LogP contribution < -0.4 is 9.80 Å². The van der Waals surface area contributed by atoms with Gasteiger partial charge in [0.2, 0.25) is 0 Å². The van der Waals surface area contributed by atoms with E-state index in [4.69, 9.17) is 0 Å². The Morgan fingerprint density at radius 3 is 2.62 bits per heavy atom. The summed E-state index contributed by atoms with van der Waals surface area (Å²) >= 11 is 1.35. The van der Waals surface area contributed by atoms with Crippen LogP contribution >= 0.6 is 11.3 Å². The van der Waals surface area contributed by atoms with Crippen molar-refractivity contribution in [1.29, 1.82) is 0 Å². The highest BCUT2D eigenvalue weighted by Crippen LogP contribution is 2.31. The van der Waals surface area contributed by atoms with Crippen molar-refractivity contribution in [2.24, 2.45) is 0 Å². The molecule has 3 aromatic rings. The smallest absolute Gasteiger partial charge is 0.260 e. The van der Waals surface area contributed by atoms with Crippen molar-refractivity contribution in [2.75, 3.05) is 32.1 Å². The molecule has 4 nitrogen and oxygen atoms in total. The number of para-hydroxylation sites is 1.